The van der Waals surface area contributed by atoms with Crippen LogP contribution in [-0.2, 0) is 25.7 Å². The average Bonchev–Trinajstić information content (AvgIpc) is 3.54. The summed E-state index contributed by atoms with van der Waals surface area (Å²) in [7, 11) is 0. The fraction of sp³-hybridized carbons (Fsp3) is 0.636. The van der Waals surface area contributed by atoms with Crippen molar-refractivity contribution in [1.82, 2.24) is 10.2 Å². The lowest BCUT2D eigenvalue weighted by molar-refractivity contribution is -0.151. The molecule has 1 aromatic carbocycles. The third kappa shape index (κ3) is 11.7. The molecule has 1 heterocycles. The van der Waals surface area contributed by atoms with Gasteiger partial charge < -0.3 is 14.8 Å². The van der Waals surface area contributed by atoms with Crippen molar-refractivity contribution in [3.63, 3.8) is 0 Å². The van der Waals surface area contributed by atoms with Gasteiger partial charge in [-0.2, -0.15) is 0 Å². The predicted octanol–water partition coefficient (Wildman–Crippen LogP) is 6.85. The SMILES string of the molecule is C/C=C(\C)CCC(NC(C)CN1C(C(=O)OCc2ccccc2)C[C@@H]2CCC[C@@H]21)C(=O)OCC.C=CC.CC. The van der Waals surface area contributed by atoms with Crippen LogP contribution in [0.2, 0.25) is 0 Å². The van der Waals surface area contributed by atoms with E-state index >= 15 is 0 Å². The topological polar surface area (TPSA) is 67.9 Å². The van der Waals surface area contributed by atoms with Crippen molar-refractivity contribution in [2.45, 2.75) is 118 Å². The number of allylic oxidation sites excluding steroid dienone is 3. The van der Waals surface area contributed by atoms with E-state index in [4.69, 9.17) is 9.47 Å². The second-order valence-electron chi connectivity index (χ2n) is 10.3. The van der Waals surface area contributed by atoms with Crippen molar-refractivity contribution in [2.24, 2.45) is 5.92 Å². The largest absolute Gasteiger partial charge is 0.465 e. The lowest BCUT2D eigenvalue weighted by atomic mass is 10.0. The Morgan fingerprint density at radius 3 is 2.44 bits per heavy atom. The number of ether oxygens (including phenoxy) is 2. The van der Waals surface area contributed by atoms with Gasteiger partial charge >= 0.3 is 11.9 Å². The predicted molar refractivity (Wildman–Crippen MR) is 161 cm³/mol. The standard InChI is InChI=1S/C28H42N2O4.C3H6.C2H6/c1-5-20(3)15-16-24(27(31)33-6-2)29-21(4)18-30-25-14-10-13-23(25)17-26(30)28(32)34-19-22-11-8-7-9-12-22;1-3-2;1-2/h5,7-9,11-12,21,23-26,29H,6,10,13-19H2,1-4H3;3H,1H2,2H3;1-2H3/b20-5+;;/t21?,23-,24?,25-,26?;;/m0../s1. The monoisotopic (exact) mass is 542 g/mol. The maximum atomic E-state index is 13.1. The van der Waals surface area contributed by atoms with E-state index < -0.39 is 0 Å². The molecule has 1 saturated carbocycles. The number of carbonyl (C=O) groups excluding carboxylic acids is 2. The molecule has 3 rings (SSSR count). The van der Waals surface area contributed by atoms with Crippen molar-refractivity contribution in [3.05, 3.63) is 60.2 Å². The average molecular weight is 543 g/mol. The van der Waals surface area contributed by atoms with Crippen molar-refractivity contribution < 1.29 is 19.1 Å². The Hall–Kier alpha value is -2.44. The van der Waals surface area contributed by atoms with Gasteiger partial charge in [-0.05, 0) is 78.2 Å². The number of fused-ring (bicyclic) bond motifs is 1. The summed E-state index contributed by atoms with van der Waals surface area (Å²) in [4.78, 5) is 28.1. The number of hydrogen-bond acceptors (Lipinski definition) is 6. The molecule has 1 aliphatic carbocycles. The van der Waals surface area contributed by atoms with Crippen LogP contribution in [0.5, 0.6) is 0 Å². The number of likely N-dealkylation sites (tertiary alicyclic amines) is 1. The van der Waals surface area contributed by atoms with Crippen LogP contribution in [0.4, 0.5) is 0 Å². The molecule has 39 heavy (non-hydrogen) atoms. The highest BCUT2D eigenvalue weighted by molar-refractivity contribution is 5.76. The third-order valence-electron chi connectivity index (χ3n) is 7.33. The van der Waals surface area contributed by atoms with Gasteiger partial charge in [0.1, 0.15) is 18.7 Å². The molecule has 1 N–H and O–H groups in total. The second-order valence-corrected chi connectivity index (χ2v) is 10.3. The van der Waals surface area contributed by atoms with E-state index in [1.165, 1.54) is 18.4 Å². The van der Waals surface area contributed by atoms with Crippen LogP contribution in [0.25, 0.3) is 0 Å². The molecule has 5 atom stereocenters. The summed E-state index contributed by atoms with van der Waals surface area (Å²) in [6.07, 6.45) is 9.78. The fourth-order valence-electron chi connectivity index (χ4n) is 5.44. The zero-order chi connectivity index (χ0) is 29.2. The number of carbonyl (C=O) groups is 2. The van der Waals surface area contributed by atoms with E-state index in [-0.39, 0.29) is 30.1 Å². The van der Waals surface area contributed by atoms with Crippen molar-refractivity contribution in [1.29, 1.82) is 0 Å². The number of rotatable bonds is 12. The summed E-state index contributed by atoms with van der Waals surface area (Å²) >= 11 is 0. The molecule has 3 unspecified atom stereocenters. The minimum absolute atomic E-state index is 0.0455. The zero-order valence-corrected chi connectivity index (χ0v) is 25.6. The molecule has 0 aromatic heterocycles. The lowest BCUT2D eigenvalue weighted by Gasteiger charge is -2.32. The van der Waals surface area contributed by atoms with Crippen molar-refractivity contribution in [3.8, 4) is 0 Å². The van der Waals surface area contributed by atoms with Gasteiger partial charge in [0.25, 0.3) is 0 Å². The third-order valence-corrected chi connectivity index (χ3v) is 7.33. The maximum absolute atomic E-state index is 13.1. The van der Waals surface area contributed by atoms with Gasteiger partial charge in [0.2, 0.25) is 0 Å². The molecule has 6 heteroatoms. The van der Waals surface area contributed by atoms with Crippen LogP contribution in [0, 0.1) is 5.92 Å². The van der Waals surface area contributed by atoms with Crippen LogP contribution in [0.15, 0.2) is 54.6 Å². The summed E-state index contributed by atoms with van der Waals surface area (Å²) in [5.74, 6) is 0.230. The van der Waals surface area contributed by atoms with Gasteiger partial charge in [-0.3, -0.25) is 14.5 Å². The first-order chi connectivity index (χ1) is 18.8. The smallest absolute Gasteiger partial charge is 0.323 e. The lowest BCUT2D eigenvalue weighted by Crippen LogP contribution is -2.51. The fourth-order valence-corrected chi connectivity index (χ4v) is 5.44. The normalized spacial score (nSPS) is 21.8. The highest BCUT2D eigenvalue weighted by Crippen LogP contribution is 2.41. The molecular formula is C33H54N2O4. The van der Waals surface area contributed by atoms with E-state index in [0.717, 1.165) is 24.8 Å². The van der Waals surface area contributed by atoms with Crippen LogP contribution in [0.1, 0.15) is 92.6 Å². The zero-order valence-electron chi connectivity index (χ0n) is 25.6. The molecule has 220 valence electrons. The first-order valence-corrected chi connectivity index (χ1v) is 14.9. The van der Waals surface area contributed by atoms with Gasteiger partial charge in [0.05, 0.1) is 6.61 Å². The van der Waals surface area contributed by atoms with Gasteiger partial charge in [0.15, 0.2) is 0 Å². The minimum Gasteiger partial charge on any atom is -0.465 e. The van der Waals surface area contributed by atoms with E-state index in [2.05, 4.69) is 36.7 Å². The van der Waals surface area contributed by atoms with Gasteiger partial charge in [-0.1, -0.05) is 68.3 Å². The molecular weight excluding hydrogens is 488 g/mol. The number of nitrogens with zero attached hydrogens (tertiary/aromatic N) is 1. The summed E-state index contributed by atoms with van der Waals surface area (Å²) < 4.78 is 11.1. The van der Waals surface area contributed by atoms with Crippen LogP contribution in [0.3, 0.4) is 0 Å². The minimum atomic E-state index is -0.352. The van der Waals surface area contributed by atoms with Crippen LogP contribution in [-0.4, -0.2) is 54.2 Å². The summed E-state index contributed by atoms with van der Waals surface area (Å²) in [6.45, 7) is 18.7. The molecule has 1 aromatic rings. The Morgan fingerprint density at radius 2 is 1.82 bits per heavy atom. The number of nitrogens with one attached hydrogen (secondary N) is 1. The first kappa shape index (κ1) is 34.6. The Labute approximate surface area is 238 Å². The van der Waals surface area contributed by atoms with E-state index in [0.29, 0.717) is 38.1 Å². The molecule has 0 amide bonds. The quantitative estimate of drug-likeness (QED) is 0.230. The molecule has 1 saturated heterocycles. The Kier molecular flexibility index (Phi) is 17.4. The highest BCUT2D eigenvalue weighted by Gasteiger charge is 2.47. The van der Waals surface area contributed by atoms with Crippen molar-refractivity contribution >= 4 is 11.9 Å². The first-order valence-electron chi connectivity index (χ1n) is 14.9. The molecule has 0 bridgehead atoms. The summed E-state index contributed by atoms with van der Waals surface area (Å²) in [6, 6.07) is 9.74. The summed E-state index contributed by atoms with van der Waals surface area (Å²) in [5.41, 5.74) is 2.27. The molecule has 2 fully saturated rings. The molecule has 1 aliphatic heterocycles. The Bertz CT molecular complexity index is 870. The maximum Gasteiger partial charge on any atom is 0.323 e. The molecule has 6 nitrogen and oxygen atoms in total. The van der Waals surface area contributed by atoms with E-state index in [1.54, 1.807) is 6.08 Å². The Balaban J connectivity index is 0.00000142. The van der Waals surface area contributed by atoms with Crippen molar-refractivity contribution in [2.75, 3.05) is 13.2 Å². The van der Waals surface area contributed by atoms with Gasteiger partial charge in [0, 0.05) is 18.6 Å². The Morgan fingerprint density at radius 1 is 1.15 bits per heavy atom. The summed E-state index contributed by atoms with van der Waals surface area (Å²) in [5, 5.41) is 3.51. The number of benzene rings is 1. The van der Waals surface area contributed by atoms with Crippen LogP contribution < -0.4 is 5.32 Å². The van der Waals surface area contributed by atoms with E-state index in [1.807, 2.05) is 65.0 Å². The molecule has 0 radical (unpaired) electrons. The number of esters is 2. The molecule has 2 aliphatic rings. The van der Waals surface area contributed by atoms with E-state index in [9.17, 15) is 9.59 Å². The number of hydrogen-bond donors (Lipinski definition) is 1. The molecule has 0 spiro atoms. The second kappa shape index (κ2) is 19.6. The van der Waals surface area contributed by atoms with Gasteiger partial charge in [-0.25, -0.2) is 0 Å². The van der Waals surface area contributed by atoms with Crippen LogP contribution >= 0.6 is 0 Å². The van der Waals surface area contributed by atoms with Gasteiger partial charge in [-0.15, -0.1) is 6.58 Å². The highest BCUT2D eigenvalue weighted by atomic mass is 16.5.